The second kappa shape index (κ2) is 4.08. The first kappa shape index (κ1) is 10.9. The van der Waals surface area contributed by atoms with Crippen molar-refractivity contribution in [1.82, 2.24) is 9.97 Å². The van der Waals surface area contributed by atoms with Crippen molar-refractivity contribution >= 4 is 16.7 Å². The number of fused-ring (bicyclic) bond motifs is 1. The Morgan fingerprint density at radius 2 is 2.00 bits per heavy atom. The molecule has 0 fully saturated rings. The summed E-state index contributed by atoms with van der Waals surface area (Å²) in [5, 5.41) is 0.981. The SMILES string of the molecule is Cc1cccc2nc(CC(C)C)nc(N)c12. The highest BCUT2D eigenvalue weighted by Crippen LogP contribution is 2.22. The third kappa shape index (κ3) is 1.98. The molecular weight excluding hydrogens is 198 g/mol. The fourth-order valence-corrected chi connectivity index (χ4v) is 1.89. The van der Waals surface area contributed by atoms with Crippen molar-refractivity contribution in [1.29, 1.82) is 0 Å². The van der Waals surface area contributed by atoms with Crippen molar-refractivity contribution in [2.24, 2.45) is 5.92 Å². The largest absolute Gasteiger partial charge is 0.383 e. The van der Waals surface area contributed by atoms with E-state index in [4.69, 9.17) is 5.73 Å². The summed E-state index contributed by atoms with van der Waals surface area (Å²) >= 11 is 0. The molecule has 16 heavy (non-hydrogen) atoms. The molecule has 0 saturated carbocycles. The second-order valence-corrected chi connectivity index (χ2v) is 4.59. The van der Waals surface area contributed by atoms with Crippen LogP contribution in [-0.4, -0.2) is 9.97 Å². The van der Waals surface area contributed by atoms with Gasteiger partial charge in [0, 0.05) is 11.8 Å². The Hall–Kier alpha value is -1.64. The van der Waals surface area contributed by atoms with E-state index in [9.17, 15) is 0 Å². The third-order valence-corrected chi connectivity index (χ3v) is 2.60. The predicted octanol–water partition coefficient (Wildman–Crippen LogP) is 2.72. The fourth-order valence-electron chi connectivity index (χ4n) is 1.89. The van der Waals surface area contributed by atoms with Gasteiger partial charge in [-0.2, -0.15) is 0 Å². The van der Waals surface area contributed by atoms with E-state index in [2.05, 4.69) is 23.8 Å². The molecule has 0 amide bonds. The summed E-state index contributed by atoms with van der Waals surface area (Å²) in [6, 6.07) is 6.03. The lowest BCUT2D eigenvalue weighted by atomic mass is 10.1. The van der Waals surface area contributed by atoms with Crippen molar-refractivity contribution in [2.75, 3.05) is 5.73 Å². The Morgan fingerprint density at radius 3 is 2.69 bits per heavy atom. The lowest BCUT2D eigenvalue weighted by molar-refractivity contribution is 0.623. The molecule has 1 aromatic heterocycles. The summed E-state index contributed by atoms with van der Waals surface area (Å²) < 4.78 is 0. The molecular formula is C13H17N3. The number of nitrogen functional groups attached to an aromatic ring is 1. The first-order chi connectivity index (χ1) is 7.58. The van der Waals surface area contributed by atoms with E-state index in [1.807, 2.05) is 25.1 Å². The summed E-state index contributed by atoms with van der Waals surface area (Å²) in [4.78, 5) is 8.91. The maximum atomic E-state index is 5.98. The molecule has 3 nitrogen and oxygen atoms in total. The van der Waals surface area contributed by atoms with Gasteiger partial charge in [0.1, 0.15) is 11.6 Å². The molecule has 3 heteroatoms. The Balaban J connectivity index is 2.59. The zero-order valence-corrected chi connectivity index (χ0v) is 9.99. The lowest BCUT2D eigenvalue weighted by Crippen LogP contribution is -2.05. The number of rotatable bonds is 2. The summed E-state index contributed by atoms with van der Waals surface area (Å²) in [7, 11) is 0. The second-order valence-electron chi connectivity index (χ2n) is 4.59. The van der Waals surface area contributed by atoms with Crippen molar-refractivity contribution in [3.05, 3.63) is 29.6 Å². The molecule has 2 N–H and O–H groups in total. The maximum Gasteiger partial charge on any atom is 0.135 e. The molecule has 0 aliphatic rings. The third-order valence-electron chi connectivity index (χ3n) is 2.60. The molecule has 84 valence electrons. The lowest BCUT2D eigenvalue weighted by Gasteiger charge is -2.08. The van der Waals surface area contributed by atoms with Crippen LogP contribution in [0.15, 0.2) is 18.2 Å². The van der Waals surface area contributed by atoms with Gasteiger partial charge in [0.15, 0.2) is 0 Å². The number of nitrogens with two attached hydrogens (primary N) is 1. The quantitative estimate of drug-likeness (QED) is 0.838. The standard InChI is InChI=1S/C13H17N3/c1-8(2)7-11-15-10-6-4-5-9(3)12(10)13(14)16-11/h4-6,8H,7H2,1-3H3,(H2,14,15,16). The number of nitrogens with zero attached hydrogens (tertiary/aromatic N) is 2. The summed E-state index contributed by atoms with van der Waals surface area (Å²) in [6.45, 7) is 6.34. The minimum absolute atomic E-state index is 0.543. The number of benzene rings is 1. The summed E-state index contributed by atoms with van der Waals surface area (Å²) in [5.41, 5.74) is 8.06. The summed E-state index contributed by atoms with van der Waals surface area (Å²) in [5.74, 6) is 1.98. The molecule has 0 radical (unpaired) electrons. The Morgan fingerprint density at radius 1 is 1.25 bits per heavy atom. The average Bonchev–Trinajstić information content (AvgIpc) is 2.15. The topological polar surface area (TPSA) is 51.8 Å². The number of anilines is 1. The molecule has 0 atom stereocenters. The fraction of sp³-hybridized carbons (Fsp3) is 0.385. The molecule has 2 aromatic rings. The van der Waals surface area contributed by atoms with E-state index < -0.39 is 0 Å². The van der Waals surface area contributed by atoms with Gasteiger partial charge in [-0.1, -0.05) is 26.0 Å². The highest BCUT2D eigenvalue weighted by atomic mass is 14.9. The van der Waals surface area contributed by atoms with Crippen LogP contribution in [0.5, 0.6) is 0 Å². The zero-order chi connectivity index (χ0) is 11.7. The molecule has 0 aliphatic heterocycles. The number of aryl methyl sites for hydroxylation is 1. The van der Waals surface area contributed by atoms with E-state index in [0.29, 0.717) is 11.7 Å². The highest BCUT2D eigenvalue weighted by Gasteiger charge is 2.08. The maximum absolute atomic E-state index is 5.98. The first-order valence-corrected chi connectivity index (χ1v) is 5.59. The molecule has 0 aliphatic carbocycles. The number of hydrogen-bond donors (Lipinski definition) is 1. The van der Waals surface area contributed by atoms with Crippen LogP contribution in [0.1, 0.15) is 25.2 Å². The molecule has 2 rings (SSSR count). The van der Waals surface area contributed by atoms with Crippen LogP contribution in [-0.2, 0) is 6.42 Å². The first-order valence-electron chi connectivity index (χ1n) is 5.59. The minimum atomic E-state index is 0.543. The normalized spacial score (nSPS) is 11.2. The van der Waals surface area contributed by atoms with Crippen LogP contribution in [0.4, 0.5) is 5.82 Å². The highest BCUT2D eigenvalue weighted by molar-refractivity contribution is 5.90. The Labute approximate surface area is 95.7 Å². The van der Waals surface area contributed by atoms with Crippen LogP contribution in [0.25, 0.3) is 10.9 Å². The van der Waals surface area contributed by atoms with Crippen LogP contribution in [0.3, 0.4) is 0 Å². The van der Waals surface area contributed by atoms with Crippen molar-refractivity contribution in [3.8, 4) is 0 Å². The van der Waals surface area contributed by atoms with E-state index in [-0.39, 0.29) is 0 Å². The van der Waals surface area contributed by atoms with Gasteiger partial charge in [-0.15, -0.1) is 0 Å². The van der Waals surface area contributed by atoms with Crippen molar-refractivity contribution in [2.45, 2.75) is 27.2 Å². The Bertz CT molecular complexity index is 518. The van der Waals surface area contributed by atoms with Crippen LogP contribution < -0.4 is 5.73 Å². The molecule has 0 bridgehead atoms. The van der Waals surface area contributed by atoms with Gasteiger partial charge in [0.25, 0.3) is 0 Å². The average molecular weight is 215 g/mol. The van der Waals surface area contributed by atoms with Gasteiger partial charge in [-0.3, -0.25) is 0 Å². The van der Waals surface area contributed by atoms with Crippen LogP contribution >= 0.6 is 0 Å². The van der Waals surface area contributed by atoms with Crippen LogP contribution in [0, 0.1) is 12.8 Å². The van der Waals surface area contributed by atoms with Crippen molar-refractivity contribution < 1.29 is 0 Å². The van der Waals surface area contributed by atoms with Gasteiger partial charge >= 0.3 is 0 Å². The van der Waals surface area contributed by atoms with Crippen molar-refractivity contribution in [3.63, 3.8) is 0 Å². The number of hydrogen-bond acceptors (Lipinski definition) is 3. The van der Waals surface area contributed by atoms with Gasteiger partial charge in [-0.25, -0.2) is 9.97 Å². The summed E-state index contributed by atoms with van der Waals surface area (Å²) in [6.07, 6.45) is 0.869. The Kier molecular flexibility index (Phi) is 2.77. The van der Waals surface area contributed by atoms with E-state index in [1.165, 1.54) is 0 Å². The monoisotopic (exact) mass is 215 g/mol. The predicted molar refractivity (Wildman–Crippen MR) is 67.2 cm³/mol. The number of aromatic nitrogens is 2. The van der Waals surface area contributed by atoms with Crippen LogP contribution in [0.2, 0.25) is 0 Å². The van der Waals surface area contributed by atoms with E-state index in [1.54, 1.807) is 0 Å². The molecule has 0 unspecified atom stereocenters. The molecule has 0 saturated heterocycles. The van der Waals surface area contributed by atoms with E-state index >= 15 is 0 Å². The van der Waals surface area contributed by atoms with Gasteiger partial charge < -0.3 is 5.73 Å². The minimum Gasteiger partial charge on any atom is -0.383 e. The molecule has 1 aromatic carbocycles. The van der Waals surface area contributed by atoms with Gasteiger partial charge in [0.2, 0.25) is 0 Å². The zero-order valence-electron chi connectivity index (χ0n) is 9.99. The van der Waals surface area contributed by atoms with E-state index in [0.717, 1.165) is 28.7 Å². The van der Waals surface area contributed by atoms with Gasteiger partial charge in [-0.05, 0) is 24.5 Å². The smallest absolute Gasteiger partial charge is 0.135 e. The molecule has 1 heterocycles. The van der Waals surface area contributed by atoms with Gasteiger partial charge in [0.05, 0.1) is 5.52 Å². The molecule has 0 spiro atoms.